The van der Waals surface area contributed by atoms with Crippen LogP contribution in [0.1, 0.15) is 29.9 Å². The molecule has 0 saturated carbocycles. The van der Waals surface area contributed by atoms with Crippen molar-refractivity contribution in [2.75, 3.05) is 0 Å². The number of aryl methyl sites for hydroxylation is 1. The second kappa shape index (κ2) is 5.75. The summed E-state index contributed by atoms with van der Waals surface area (Å²) in [5, 5.41) is 12.9. The van der Waals surface area contributed by atoms with Crippen molar-refractivity contribution < 1.29 is 9.50 Å². The summed E-state index contributed by atoms with van der Waals surface area (Å²) in [5.74, 6) is -0.284. The Balaban J connectivity index is 2.03. The molecule has 2 rings (SSSR count). The number of aromatic nitrogens is 2. The highest BCUT2D eigenvalue weighted by Gasteiger charge is 2.11. The molecule has 0 amide bonds. The number of benzene rings is 1. The molecule has 0 aliphatic carbocycles. The molecular weight excluding hydrogens is 245 g/mol. The van der Waals surface area contributed by atoms with Gasteiger partial charge in [0, 0.05) is 30.5 Å². The summed E-state index contributed by atoms with van der Waals surface area (Å²) in [6, 6.07) is 3.73. The largest absolute Gasteiger partial charge is 0.508 e. The molecule has 4 nitrogen and oxygen atoms in total. The standard InChI is InChI=1S/C14H16FN3O/c1-9-6-18-12(7-16-9)8-17-10(2)13-5-11(15)3-4-14(13)19/h3-7,10,17,19H,8H2,1-2H3. The van der Waals surface area contributed by atoms with Crippen LogP contribution in [0, 0.1) is 12.7 Å². The van der Waals surface area contributed by atoms with E-state index in [9.17, 15) is 9.50 Å². The zero-order valence-corrected chi connectivity index (χ0v) is 10.9. The van der Waals surface area contributed by atoms with Crippen molar-refractivity contribution in [3.8, 4) is 5.75 Å². The molecule has 1 atom stereocenters. The molecule has 0 saturated heterocycles. The van der Waals surface area contributed by atoms with Crippen molar-refractivity contribution in [1.29, 1.82) is 0 Å². The Kier molecular flexibility index (Phi) is 4.06. The van der Waals surface area contributed by atoms with Crippen LogP contribution in [0.4, 0.5) is 4.39 Å². The van der Waals surface area contributed by atoms with Gasteiger partial charge in [-0.3, -0.25) is 9.97 Å². The molecule has 0 spiro atoms. The zero-order valence-electron chi connectivity index (χ0n) is 10.9. The number of nitrogens with zero attached hydrogens (tertiary/aromatic N) is 2. The molecule has 100 valence electrons. The van der Waals surface area contributed by atoms with Crippen molar-refractivity contribution in [2.24, 2.45) is 0 Å². The minimum absolute atomic E-state index is 0.0800. The van der Waals surface area contributed by atoms with E-state index < -0.39 is 0 Å². The predicted octanol–water partition coefficient (Wildman–Crippen LogP) is 2.48. The lowest BCUT2D eigenvalue weighted by Gasteiger charge is -2.15. The fraction of sp³-hybridized carbons (Fsp3) is 0.286. The van der Waals surface area contributed by atoms with Crippen LogP contribution in [-0.2, 0) is 6.54 Å². The second-order valence-corrected chi connectivity index (χ2v) is 4.45. The molecule has 1 aromatic carbocycles. The number of halogens is 1. The molecule has 0 fully saturated rings. The van der Waals surface area contributed by atoms with Crippen LogP contribution in [0.5, 0.6) is 5.75 Å². The maximum atomic E-state index is 13.2. The summed E-state index contributed by atoms with van der Waals surface area (Å²) in [5.41, 5.74) is 2.19. The van der Waals surface area contributed by atoms with Crippen LogP contribution < -0.4 is 5.32 Å². The number of hydrogen-bond acceptors (Lipinski definition) is 4. The van der Waals surface area contributed by atoms with E-state index in [0.717, 1.165) is 11.4 Å². The highest BCUT2D eigenvalue weighted by Crippen LogP contribution is 2.24. The lowest BCUT2D eigenvalue weighted by Crippen LogP contribution is -2.19. The van der Waals surface area contributed by atoms with Gasteiger partial charge in [0.05, 0.1) is 11.4 Å². The van der Waals surface area contributed by atoms with Crippen molar-refractivity contribution in [3.05, 3.63) is 53.4 Å². The number of phenolic OH excluding ortho intramolecular Hbond substituents is 1. The molecule has 2 N–H and O–H groups in total. The Morgan fingerprint density at radius 2 is 2.11 bits per heavy atom. The molecule has 0 radical (unpaired) electrons. The highest BCUT2D eigenvalue weighted by molar-refractivity contribution is 5.34. The van der Waals surface area contributed by atoms with E-state index in [2.05, 4.69) is 15.3 Å². The van der Waals surface area contributed by atoms with Crippen molar-refractivity contribution in [2.45, 2.75) is 26.4 Å². The van der Waals surface area contributed by atoms with Gasteiger partial charge in [-0.05, 0) is 32.0 Å². The van der Waals surface area contributed by atoms with Gasteiger partial charge in [-0.2, -0.15) is 0 Å². The number of aromatic hydroxyl groups is 1. The number of hydrogen-bond donors (Lipinski definition) is 2. The van der Waals surface area contributed by atoms with Crippen molar-refractivity contribution in [1.82, 2.24) is 15.3 Å². The van der Waals surface area contributed by atoms with E-state index in [4.69, 9.17) is 0 Å². The smallest absolute Gasteiger partial charge is 0.123 e. The van der Waals surface area contributed by atoms with Crippen molar-refractivity contribution in [3.63, 3.8) is 0 Å². The van der Waals surface area contributed by atoms with E-state index in [-0.39, 0.29) is 17.6 Å². The van der Waals surface area contributed by atoms with E-state index in [1.807, 2.05) is 13.8 Å². The van der Waals surface area contributed by atoms with Gasteiger partial charge in [-0.15, -0.1) is 0 Å². The first-order valence-electron chi connectivity index (χ1n) is 6.05. The molecule has 1 aromatic heterocycles. The average molecular weight is 261 g/mol. The van der Waals surface area contributed by atoms with Crippen LogP contribution in [0.25, 0.3) is 0 Å². The third-order valence-electron chi connectivity index (χ3n) is 2.88. The monoisotopic (exact) mass is 261 g/mol. The number of nitrogens with one attached hydrogen (secondary N) is 1. The van der Waals surface area contributed by atoms with Gasteiger partial charge in [-0.1, -0.05) is 0 Å². The van der Waals surface area contributed by atoms with Crippen LogP contribution in [-0.4, -0.2) is 15.1 Å². The Morgan fingerprint density at radius 3 is 2.79 bits per heavy atom. The average Bonchev–Trinajstić information content (AvgIpc) is 2.40. The van der Waals surface area contributed by atoms with Crippen LogP contribution in [0.3, 0.4) is 0 Å². The lowest BCUT2D eigenvalue weighted by molar-refractivity contribution is 0.448. The topological polar surface area (TPSA) is 58.0 Å². The fourth-order valence-corrected chi connectivity index (χ4v) is 1.75. The van der Waals surface area contributed by atoms with E-state index in [0.29, 0.717) is 12.1 Å². The Bertz CT molecular complexity index is 557. The van der Waals surface area contributed by atoms with Gasteiger partial charge in [-0.25, -0.2) is 4.39 Å². The fourth-order valence-electron chi connectivity index (χ4n) is 1.75. The van der Waals surface area contributed by atoms with Gasteiger partial charge >= 0.3 is 0 Å². The minimum Gasteiger partial charge on any atom is -0.508 e. The zero-order chi connectivity index (χ0) is 13.8. The first-order valence-corrected chi connectivity index (χ1v) is 6.05. The SMILES string of the molecule is Cc1cnc(CNC(C)c2cc(F)ccc2O)cn1. The Labute approximate surface area is 111 Å². The van der Waals surface area contributed by atoms with Crippen LogP contribution in [0.2, 0.25) is 0 Å². The molecule has 0 aliphatic heterocycles. The Morgan fingerprint density at radius 1 is 1.32 bits per heavy atom. The predicted molar refractivity (Wildman–Crippen MR) is 70.1 cm³/mol. The summed E-state index contributed by atoms with van der Waals surface area (Å²) in [6.07, 6.45) is 3.39. The summed E-state index contributed by atoms with van der Waals surface area (Å²) in [6.45, 7) is 4.23. The van der Waals surface area contributed by atoms with Gasteiger partial charge in [0.15, 0.2) is 0 Å². The molecule has 1 unspecified atom stereocenters. The molecule has 19 heavy (non-hydrogen) atoms. The molecular formula is C14H16FN3O. The van der Waals surface area contributed by atoms with Gasteiger partial charge < -0.3 is 10.4 Å². The maximum absolute atomic E-state index is 13.2. The molecule has 0 bridgehead atoms. The summed E-state index contributed by atoms with van der Waals surface area (Å²) in [7, 11) is 0. The quantitative estimate of drug-likeness (QED) is 0.887. The molecule has 0 aliphatic rings. The van der Waals surface area contributed by atoms with E-state index in [1.54, 1.807) is 12.4 Å². The van der Waals surface area contributed by atoms with Gasteiger partial charge in [0.25, 0.3) is 0 Å². The second-order valence-electron chi connectivity index (χ2n) is 4.45. The summed E-state index contributed by atoms with van der Waals surface area (Å²) in [4.78, 5) is 8.37. The van der Waals surface area contributed by atoms with Crippen molar-refractivity contribution >= 4 is 0 Å². The third-order valence-corrected chi connectivity index (χ3v) is 2.88. The maximum Gasteiger partial charge on any atom is 0.123 e. The first kappa shape index (κ1) is 13.4. The molecule has 1 heterocycles. The van der Waals surface area contributed by atoms with Crippen LogP contribution in [0.15, 0.2) is 30.6 Å². The minimum atomic E-state index is -0.364. The molecule has 2 aromatic rings. The first-order chi connectivity index (χ1) is 9.06. The third kappa shape index (κ3) is 3.48. The van der Waals surface area contributed by atoms with Gasteiger partial charge in [0.2, 0.25) is 0 Å². The normalized spacial score (nSPS) is 12.4. The van der Waals surface area contributed by atoms with E-state index >= 15 is 0 Å². The number of rotatable bonds is 4. The number of phenols is 1. The highest BCUT2D eigenvalue weighted by atomic mass is 19.1. The summed E-state index contributed by atoms with van der Waals surface area (Å²) < 4.78 is 13.2. The van der Waals surface area contributed by atoms with Crippen LogP contribution >= 0.6 is 0 Å². The van der Waals surface area contributed by atoms with E-state index in [1.165, 1.54) is 18.2 Å². The summed E-state index contributed by atoms with van der Waals surface area (Å²) >= 11 is 0. The molecule has 5 heteroatoms. The van der Waals surface area contributed by atoms with Gasteiger partial charge in [0.1, 0.15) is 11.6 Å². The lowest BCUT2D eigenvalue weighted by atomic mass is 10.1. The Hall–Kier alpha value is -2.01.